The largest absolute Gasteiger partial charge is 0.0996 e. The first-order valence-corrected chi connectivity index (χ1v) is 6.22. The second-order valence-corrected chi connectivity index (χ2v) is 4.80. The van der Waals surface area contributed by atoms with Crippen LogP contribution in [-0.4, -0.2) is 0 Å². The minimum absolute atomic E-state index is 0.691. The zero-order valence-electron chi connectivity index (χ0n) is 10.8. The molecule has 0 bridgehead atoms. The molecule has 0 aliphatic heterocycles. The lowest BCUT2D eigenvalue weighted by Crippen LogP contribution is -2.17. The van der Waals surface area contributed by atoms with Crippen LogP contribution in [-0.2, 0) is 0 Å². The molecule has 0 aromatic carbocycles. The second kappa shape index (κ2) is 7.09. The van der Waals surface area contributed by atoms with Crippen molar-refractivity contribution in [3.05, 3.63) is 12.2 Å². The fraction of sp³-hybridized carbons (Fsp3) is 0.857. The van der Waals surface area contributed by atoms with Crippen LogP contribution in [0.25, 0.3) is 0 Å². The van der Waals surface area contributed by atoms with E-state index in [-0.39, 0.29) is 0 Å². The zero-order valence-corrected chi connectivity index (χ0v) is 10.8. The maximum atomic E-state index is 4.23. The van der Waals surface area contributed by atoms with Gasteiger partial charge in [0.25, 0.3) is 0 Å². The average Bonchev–Trinajstić information content (AvgIpc) is 2.22. The third kappa shape index (κ3) is 4.30. The van der Waals surface area contributed by atoms with Gasteiger partial charge in [-0.1, -0.05) is 59.6 Å². The molecule has 0 amide bonds. The maximum Gasteiger partial charge on any atom is -0.0206 e. The molecule has 0 rings (SSSR count). The summed E-state index contributed by atoms with van der Waals surface area (Å²) in [5.74, 6) is 2.30. The monoisotopic (exact) mass is 196 g/mol. The molecular formula is C14H28. The Bertz CT molecular complexity index is 157. The van der Waals surface area contributed by atoms with E-state index >= 15 is 0 Å². The highest BCUT2D eigenvalue weighted by atomic mass is 14.2. The van der Waals surface area contributed by atoms with E-state index < -0.39 is 0 Å². The highest BCUT2D eigenvalue weighted by molar-refractivity contribution is 5.01. The Labute approximate surface area is 90.8 Å². The van der Waals surface area contributed by atoms with Crippen molar-refractivity contribution in [3.63, 3.8) is 0 Å². The Balaban J connectivity index is 4.03. The van der Waals surface area contributed by atoms with Gasteiger partial charge in [-0.2, -0.15) is 0 Å². The number of allylic oxidation sites excluding steroid dienone is 1. The number of hydrogen-bond acceptors (Lipinski definition) is 0. The third-order valence-corrected chi connectivity index (χ3v) is 3.83. The number of rotatable bonds is 7. The molecule has 0 aliphatic carbocycles. The van der Waals surface area contributed by atoms with Crippen LogP contribution >= 0.6 is 0 Å². The molecule has 0 N–H and O–H groups in total. The van der Waals surface area contributed by atoms with Gasteiger partial charge in [-0.15, -0.1) is 0 Å². The summed E-state index contributed by atoms with van der Waals surface area (Å²) in [7, 11) is 0. The van der Waals surface area contributed by atoms with Crippen LogP contribution in [0.3, 0.4) is 0 Å². The van der Waals surface area contributed by atoms with Gasteiger partial charge in [0.1, 0.15) is 0 Å². The Morgan fingerprint density at radius 1 is 1.14 bits per heavy atom. The average molecular weight is 196 g/mol. The minimum Gasteiger partial charge on any atom is -0.0996 e. The lowest BCUT2D eigenvalue weighted by molar-refractivity contribution is 0.297. The molecule has 0 heterocycles. The molecule has 0 radical (unpaired) electrons. The molecule has 14 heavy (non-hydrogen) atoms. The van der Waals surface area contributed by atoms with Gasteiger partial charge in [0.05, 0.1) is 0 Å². The lowest BCUT2D eigenvalue weighted by atomic mass is 9.79. The molecule has 0 saturated carbocycles. The van der Waals surface area contributed by atoms with E-state index in [1.165, 1.54) is 31.3 Å². The molecule has 0 fully saturated rings. The van der Waals surface area contributed by atoms with E-state index in [2.05, 4.69) is 41.2 Å². The van der Waals surface area contributed by atoms with Crippen molar-refractivity contribution in [2.24, 2.45) is 17.8 Å². The highest BCUT2D eigenvalue weighted by Gasteiger charge is 2.19. The predicted molar refractivity (Wildman–Crippen MR) is 66.4 cm³/mol. The van der Waals surface area contributed by atoms with Crippen molar-refractivity contribution >= 4 is 0 Å². The van der Waals surface area contributed by atoms with Crippen molar-refractivity contribution in [3.8, 4) is 0 Å². The van der Waals surface area contributed by atoms with Gasteiger partial charge in [0, 0.05) is 0 Å². The van der Waals surface area contributed by atoms with Crippen molar-refractivity contribution in [2.75, 3.05) is 0 Å². The Morgan fingerprint density at radius 3 is 2.14 bits per heavy atom. The van der Waals surface area contributed by atoms with Crippen LogP contribution in [0.1, 0.15) is 60.3 Å². The van der Waals surface area contributed by atoms with E-state index in [9.17, 15) is 0 Å². The fourth-order valence-electron chi connectivity index (χ4n) is 1.87. The standard InChI is InChI=1S/C14H28/c1-7-9-10-12(4)14(6)13(5)11(3)8-2/h11,13-14H,4,7-10H2,1-3,5-6H3. The molecular weight excluding hydrogens is 168 g/mol. The van der Waals surface area contributed by atoms with Crippen molar-refractivity contribution in [1.82, 2.24) is 0 Å². The summed E-state index contributed by atoms with van der Waals surface area (Å²) in [4.78, 5) is 0. The van der Waals surface area contributed by atoms with E-state index in [1.807, 2.05) is 0 Å². The SMILES string of the molecule is C=C(CCCC)C(C)C(C)C(C)CC. The summed E-state index contributed by atoms with van der Waals surface area (Å²) < 4.78 is 0. The van der Waals surface area contributed by atoms with Crippen LogP contribution in [0.5, 0.6) is 0 Å². The first-order valence-electron chi connectivity index (χ1n) is 6.22. The molecule has 0 spiro atoms. The van der Waals surface area contributed by atoms with Crippen LogP contribution in [0, 0.1) is 17.8 Å². The van der Waals surface area contributed by atoms with E-state index in [0.29, 0.717) is 5.92 Å². The number of hydrogen-bond donors (Lipinski definition) is 0. The van der Waals surface area contributed by atoms with Gasteiger partial charge >= 0.3 is 0 Å². The normalized spacial score (nSPS) is 17.5. The van der Waals surface area contributed by atoms with Crippen molar-refractivity contribution in [2.45, 2.75) is 60.3 Å². The zero-order chi connectivity index (χ0) is 11.1. The minimum atomic E-state index is 0.691. The van der Waals surface area contributed by atoms with Crippen LogP contribution in [0.15, 0.2) is 12.2 Å². The summed E-state index contributed by atoms with van der Waals surface area (Å²) in [5.41, 5.74) is 1.46. The first kappa shape index (κ1) is 13.7. The quantitative estimate of drug-likeness (QED) is 0.500. The fourth-order valence-corrected chi connectivity index (χ4v) is 1.87. The molecule has 3 unspecified atom stereocenters. The molecule has 0 aliphatic rings. The highest BCUT2D eigenvalue weighted by Crippen LogP contribution is 2.29. The lowest BCUT2D eigenvalue weighted by Gasteiger charge is -2.27. The van der Waals surface area contributed by atoms with Gasteiger partial charge in [0.2, 0.25) is 0 Å². The summed E-state index contributed by atoms with van der Waals surface area (Å²) in [6, 6.07) is 0. The molecule has 0 heteroatoms. The second-order valence-electron chi connectivity index (χ2n) is 4.80. The summed E-state index contributed by atoms with van der Waals surface area (Å²) in [6.07, 6.45) is 5.09. The summed E-state index contributed by atoms with van der Waals surface area (Å²) in [6.45, 7) is 15.8. The molecule has 0 aromatic rings. The van der Waals surface area contributed by atoms with Gasteiger partial charge in [-0.3, -0.25) is 0 Å². The van der Waals surface area contributed by atoms with Gasteiger partial charge in [-0.05, 0) is 30.6 Å². The third-order valence-electron chi connectivity index (χ3n) is 3.83. The van der Waals surface area contributed by atoms with E-state index in [4.69, 9.17) is 0 Å². The van der Waals surface area contributed by atoms with Gasteiger partial charge in [-0.25, -0.2) is 0 Å². The first-order chi connectivity index (χ1) is 6.54. The molecule has 0 nitrogen and oxygen atoms in total. The van der Waals surface area contributed by atoms with Crippen LogP contribution < -0.4 is 0 Å². The molecule has 0 aromatic heterocycles. The van der Waals surface area contributed by atoms with Crippen LogP contribution in [0.2, 0.25) is 0 Å². The topological polar surface area (TPSA) is 0 Å². The number of unbranched alkanes of at least 4 members (excludes halogenated alkanes) is 1. The van der Waals surface area contributed by atoms with E-state index in [1.54, 1.807) is 0 Å². The predicted octanol–water partition coefficient (Wildman–Crippen LogP) is 5.05. The summed E-state index contributed by atoms with van der Waals surface area (Å²) >= 11 is 0. The molecule has 0 saturated heterocycles. The van der Waals surface area contributed by atoms with E-state index in [0.717, 1.165) is 11.8 Å². The summed E-state index contributed by atoms with van der Waals surface area (Å²) in [5, 5.41) is 0. The Hall–Kier alpha value is -0.260. The van der Waals surface area contributed by atoms with Gasteiger partial charge in [0.15, 0.2) is 0 Å². The van der Waals surface area contributed by atoms with Crippen molar-refractivity contribution in [1.29, 1.82) is 0 Å². The van der Waals surface area contributed by atoms with Gasteiger partial charge < -0.3 is 0 Å². The Morgan fingerprint density at radius 2 is 1.71 bits per heavy atom. The Kier molecular flexibility index (Phi) is 6.96. The smallest absolute Gasteiger partial charge is 0.0206 e. The maximum absolute atomic E-state index is 4.23. The molecule has 84 valence electrons. The molecule has 3 atom stereocenters. The van der Waals surface area contributed by atoms with Crippen LogP contribution in [0.4, 0.5) is 0 Å². The van der Waals surface area contributed by atoms with Crippen molar-refractivity contribution < 1.29 is 0 Å².